The lowest BCUT2D eigenvalue weighted by atomic mass is 10.2. The summed E-state index contributed by atoms with van der Waals surface area (Å²) in [5.74, 6) is 0.266. The highest BCUT2D eigenvalue weighted by molar-refractivity contribution is 7.99. The summed E-state index contributed by atoms with van der Waals surface area (Å²) in [6.45, 7) is 6.58. The van der Waals surface area contributed by atoms with Gasteiger partial charge in [-0.3, -0.25) is 4.79 Å². The van der Waals surface area contributed by atoms with Gasteiger partial charge in [-0.1, -0.05) is 31.5 Å². The lowest BCUT2D eigenvalue weighted by Gasteiger charge is -2.25. The van der Waals surface area contributed by atoms with Crippen LogP contribution in [0.3, 0.4) is 0 Å². The monoisotopic (exact) mass is 438 g/mol. The Bertz CT molecular complexity index is 950. The third-order valence-corrected chi connectivity index (χ3v) is 7.95. The highest BCUT2D eigenvalue weighted by Gasteiger charge is 2.26. The van der Waals surface area contributed by atoms with Crippen molar-refractivity contribution in [1.29, 1.82) is 0 Å². The first-order valence-electron chi connectivity index (χ1n) is 10.4. The van der Waals surface area contributed by atoms with Crippen molar-refractivity contribution in [3.05, 3.63) is 18.2 Å². The quantitative estimate of drug-likeness (QED) is 0.608. The minimum absolute atomic E-state index is 0.0278. The lowest BCUT2D eigenvalue weighted by Crippen LogP contribution is -2.35. The van der Waals surface area contributed by atoms with Gasteiger partial charge in [-0.05, 0) is 44.4 Å². The summed E-state index contributed by atoms with van der Waals surface area (Å²) in [6, 6.07) is 5.22. The number of hydrogen-bond donors (Lipinski definition) is 1. The summed E-state index contributed by atoms with van der Waals surface area (Å²) in [7, 11) is -3.49. The predicted molar refractivity (Wildman–Crippen MR) is 117 cm³/mol. The van der Waals surface area contributed by atoms with Crippen LogP contribution < -0.4 is 5.32 Å². The number of aromatic nitrogens is 2. The smallest absolute Gasteiger partial charge is 0.243 e. The number of nitrogens with zero attached hydrogens (tertiary/aromatic N) is 3. The molecule has 2 heterocycles. The van der Waals surface area contributed by atoms with E-state index in [9.17, 15) is 13.2 Å². The summed E-state index contributed by atoms with van der Waals surface area (Å²) >= 11 is 1.39. The van der Waals surface area contributed by atoms with Crippen LogP contribution in [0, 0.1) is 0 Å². The van der Waals surface area contributed by atoms with E-state index in [1.54, 1.807) is 16.4 Å². The van der Waals surface area contributed by atoms with Crippen LogP contribution in [0.5, 0.6) is 0 Å². The summed E-state index contributed by atoms with van der Waals surface area (Å²) in [5, 5.41) is 3.55. The molecule has 0 aliphatic carbocycles. The number of nitrogens with one attached hydrogen (secondary N) is 1. The molecule has 1 fully saturated rings. The van der Waals surface area contributed by atoms with Crippen molar-refractivity contribution >= 4 is 38.7 Å². The van der Waals surface area contributed by atoms with Crippen LogP contribution in [-0.2, 0) is 21.4 Å². The molecular weight excluding hydrogens is 408 g/mol. The average Bonchev–Trinajstić information content (AvgIpc) is 3.08. The van der Waals surface area contributed by atoms with Crippen LogP contribution in [0.25, 0.3) is 11.0 Å². The number of unbranched alkanes of at least 4 members (excludes halogenated alkanes) is 1. The Labute approximate surface area is 177 Å². The lowest BCUT2D eigenvalue weighted by molar-refractivity contribution is -0.118. The Balaban J connectivity index is 1.92. The van der Waals surface area contributed by atoms with E-state index in [0.29, 0.717) is 35.8 Å². The molecule has 0 atom stereocenters. The Kier molecular flexibility index (Phi) is 7.59. The van der Waals surface area contributed by atoms with Crippen molar-refractivity contribution in [3.63, 3.8) is 0 Å². The van der Waals surface area contributed by atoms with Gasteiger partial charge in [0, 0.05) is 26.2 Å². The molecule has 9 heteroatoms. The number of piperidine rings is 1. The van der Waals surface area contributed by atoms with E-state index in [-0.39, 0.29) is 5.91 Å². The molecule has 3 rings (SSSR count). The Hall–Kier alpha value is -1.58. The normalized spacial score (nSPS) is 15.7. The van der Waals surface area contributed by atoms with E-state index in [4.69, 9.17) is 0 Å². The van der Waals surface area contributed by atoms with Crippen molar-refractivity contribution in [3.8, 4) is 0 Å². The fraction of sp³-hybridized carbons (Fsp3) is 0.600. The molecule has 29 heavy (non-hydrogen) atoms. The van der Waals surface area contributed by atoms with Gasteiger partial charge >= 0.3 is 0 Å². The minimum atomic E-state index is -3.49. The summed E-state index contributed by atoms with van der Waals surface area (Å²) < 4.78 is 29.7. The van der Waals surface area contributed by atoms with E-state index < -0.39 is 10.0 Å². The van der Waals surface area contributed by atoms with Crippen LogP contribution in [0.15, 0.2) is 28.3 Å². The van der Waals surface area contributed by atoms with Crippen LogP contribution >= 0.6 is 11.8 Å². The van der Waals surface area contributed by atoms with Gasteiger partial charge in [0.05, 0.1) is 21.7 Å². The molecule has 7 nitrogen and oxygen atoms in total. The third-order valence-electron chi connectivity index (χ3n) is 5.08. The second-order valence-corrected chi connectivity index (χ2v) is 10.1. The van der Waals surface area contributed by atoms with Crippen molar-refractivity contribution in [2.45, 2.75) is 62.5 Å². The molecule has 0 saturated carbocycles. The fourth-order valence-electron chi connectivity index (χ4n) is 3.52. The number of hydrogen-bond acceptors (Lipinski definition) is 5. The molecule has 1 aromatic heterocycles. The van der Waals surface area contributed by atoms with Crippen LogP contribution in [0.1, 0.15) is 46.0 Å². The molecule has 1 aliphatic rings. The zero-order chi connectivity index (χ0) is 20.9. The van der Waals surface area contributed by atoms with Gasteiger partial charge in [0.2, 0.25) is 15.9 Å². The molecule has 0 bridgehead atoms. The van der Waals surface area contributed by atoms with Gasteiger partial charge in [0.1, 0.15) is 0 Å². The van der Waals surface area contributed by atoms with Crippen molar-refractivity contribution in [1.82, 2.24) is 19.2 Å². The average molecular weight is 439 g/mol. The topological polar surface area (TPSA) is 84.3 Å². The predicted octanol–water partition coefficient (Wildman–Crippen LogP) is 3.24. The van der Waals surface area contributed by atoms with Crippen molar-refractivity contribution in [2.75, 3.05) is 25.4 Å². The molecule has 0 spiro atoms. The van der Waals surface area contributed by atoms with Gasteiger partial charge in [-0.2, -0.15) is 4.31 Å². The first-order chi connectivity index (χ1) is 14.0. The first kappa shape index (κ1) is 22.1. The van der Waals surface area contributed by atoms with Crippen LogP contribution in [0.2, 0.25) is 0 Å². The summed E-state index contributed by atoms with van der Waals surface area (Å²) in [4.78, 5) is 16.8. The number of benzene rings is 1. The second-order valence-electron chi connectivity index (χ2n) is 7.26. The molecule has 1 aromatic carbocycles. The Morgan fingerprint density at radius 2 is 1.97 bits per heavy atom. The number of aryl methyl sites for hydroxylation is 1. The van der Waals surface area contributed by atoms with Crippen molar-refractivity contribution in [2.24, 2.45) is 0 Å². The second kappa shape index (κ2) is 9.95. The highest BCUT2D eigenvalue weighted by Crippen LogP contribution is 2.28. The number of amides is 1. The number of sulfonamides is 1. The highest BCUT2D eigenvalue weighted by atomic mass is 32.2. The molecule has 0 radical (unpaired) electrons. The molecular formula is C20H30N4O3S2. The third kappa shape index (κ3) is 5.13. The van der Waals surface area contributed by atoms with Gasteiger partial charge in [0.15, 0.2) is 5.16 Å². The maximum absolute atomic E-state index is 13.0. The zero-order valence-electron chi connectivity index (χ0n) is 17.2. The first-order valence-corrected chi connectivity index (χ1v) is 12.8. The number of carbonyl (C=O) groups excluding carboxylic acids is 1. The molecule has 160 valence electrons. The number of thioether (sulfide) groups is 1. The zero-order valence-corrected chi connectivity index (χ0v) is 18.8. The van der Waals surface area contributed by atoms with Gasteiger partial charge in [-0.25, -0.2) is 13.4 Å². The fourth-order valence-corrected chi connectivity index (χ4v) is 5.93. The maximum atomic E-state index is 13.0. The molecule has 1 saturated heterocycles. The summed E-state index contributed by atoms with van der Waals surface area (Å²) in [6.07, 6.45) is 4.94. The van der Waals surface area contributed by atoms with Crippen LogP contribution in [0.4, 0.5) is 0 Å². The molecule has 1 aliphatic heterocycles. The van der Waals surface area contributed by atoms with Gasteiger partial charge in [0.25, 0.3) is 0 Å². The van der Waals surface area contributed by atoms with Crippen LogP contribution in [-0.4, -0.2) is 53.6 Å². The van der Waals surface area contributed by atoms with Gasteiger partial charge in [-0.15, -0.1) is 0 Å². The largest absolute Gasteiger partial charge is 0.356 e. The number of fused-ring (bicyclic) bond motifs is 1. The molecule has 1 amide bonds. The van der Waals surface area contributed by atoms with Crippen molar-refractivity contribution < 1.29 is 13.2 Å². The number of carbonyl (C=O) groups is 1. The van der Waals surface area contributed by atoms with E-state index in [0.717, 1.165) is 49.3 Å². The number of rotatable bonds is 9. The molecule has 1 N–H and O–H groups in total. The molecule has 2 aromatic rings. The molecule has 0 unspecified atom stereocenters. The SMILES string of the molecule is CCCCn1c(SCC(=O)NCC)nc2cc(S(=O)(=O)N3CCCCC3)ccc21. The van der Waals surface area contributed by atoms with E-state index in [1.807, 2.05) is 13.0 Å². The number of imidazole rings is 1. The maximum Gasteiger partial charge on any atom is 0.243 e. The summed E-state index contributed by atoms with van der Waals surface area (Å²) in [5.41, 5.74) is 1.58. The van der Waals surface area contributed by atoms with Gasteiger partial charge < -0.3 is 9.88 Å². The van der Waals surface area contributed by atoms with E-state index in [2.05, 4.69) is 21.8 Å². The Morgan fingerprint density at radius 1 is 1.21 bits per heavy atom. The Morgan fingerprint density at radius 3 is 2.66 bits per heavy atom. The van der Waals surface area contributed by atoms with E-state index in [1.165, 1.54) is 11.8 Å². The minimum Gasteiger partial charge on any atom is -0.356 e. The standard InChI is InChI=1S/C20H30N4O3S2/c1-3-5-13-24-18-10-9-16(29(26,27)23-11-7-6-8-12-23)14-17(18)22-20(24)28-15-19(25)21-4-2/h9-10,14H,3-8,11-13,15H2,1-2H3,(H,21,25). The van der Waals surface area contributed by atoms with E-state index >= 15 is 0 Å².